The number of para-hydroxylation sites is 2. The van der Waals surface area contributed by atoms with Gasteiger partial charge in [-0.1, -0.05) is 25.0 Å². The molecule has 0 unspecified atom stereocenters. The second-order valence-corrected chi connectivity index (χ2v) is 5.57. The highest BCUT2D eigenvalue weighted by molar-refractivity contribution is 5.70. The fourth-order valence-corrected chi connectivity index (χ4v) is 2.86. The van der Waals surface area contributed by atoms with E-state index in [2.05, 4.69) is 44.6 Å². The summed E-state index contributed by atoms with van der Waals surface area (Å²) < 4.78 is 1.81. The van der Waals surface area contributed by atoms with E-state index in [9.17, 15) is 0 Å². The van der Waals surface area contributed by atoms with Crippen LogP contribution in [-0.4, -0.2) is 27.9 Å². The first-order valence-corrected chi connectivity index (χ1v) is 7.75. The standard InChI is InChI=1S/C16H23N5/c1-20-16(18-13-19-20)12-17-14-8-4-5-9-15(14)21-10-6-2-3-7-11-21/h4-5,8-9,13,17H,2-3,6-7,10-12H2,1H3. The zero-order valence-electron chi connectivity index (χ0n) is 12.6. The fraction of sp³-hybridized carbons (Fsp3) is 0.500. The van der Waals surface area contributed by atoms with Crippen LogP contribution in [0.25, 0.3) is 0 Å². The number of aromatic nitrogens is 3. The van der Waals surface area contributed by atoms with Crippen LogP contribution in [0.15, 0.2) is 30.6 Å². The van der Waals surface area contributed by atoms with Gasteiger partial charge in [-0.05, 0) is 25.0 Å². The van der Waals surface area contributed by atoms with Crippen LogP contribution in [0.4, 0.5) is 11.4 Å². The smallest absolute Gasteiger partial charge is 0.145 e. The minimum Gasteiger partial charge on any atom is -0.376 e. The molecule has 1 N–H and O–H groups in total. The van der Waals surface area contributed by atoms with Crippen LogP contribution in [0.5, 0.6) is 0 Å². The maximum Gasteiger partial charge on any atom is 0.145 e. The zero-order chi connectivity index (χ0) is 14.5. The van der Waals surface area contributed by atoms with Gasteiger partial charge >= 0.3 is 0 Å². The molecule has 1 aliphatic heterocycles. The lowest BCUT2D eigenvalue weighted by Crippen LogP contribution is -2.25. The monoisotopic (exact) mass is 285 g/mol. The molecule has 112 valence electrons. The first-order chi connectivity index (χ1) is 10.3. The van der Waals surface area contributed by atoms with Crippen LogP contribution in [0, 0.1) is 0 Å². The third-order valence-corrected chi connectivity index (χ3v) is 4.09. The summed E-state index contributed by atoms with van der Waals surface area (Å²) in [6.45, 7) is 3.01. The summed E-state index contributed by atoms with van der Waals surface area (Å²) in [6, 6.07) is 8.56. The van der Waals surface area contributed by atoms with Gasteiger partial charge in [0.2, 0.25) is 0 Å². The van der Waals surface area contributed by atoms with E-state index in [1.54, 1.807) is 6.33 Å². The molecule has 5 heteroatoms. The topological polar surface area (TPSA) is 46.0 Å². The van der Waals surface area contributed by atoms with Gasteiger partial charge in [0.05, 0.1) is 17.9 Å². The number of aryl methyl sites for hydroxylation is 1. The van der Waals surface area contributed by atoms with Gasteiger partial charge in [-0.15, -0.1) is 0 Å². The summed E-state index contributed by atoms with van der Waals surface area (Å²) in [5.41, 5.74) is 2.49. The van der Waals surface area contributed by atoms with E-state index in [-0.39, 0.29) is 0 Å². The quantitative estimate of drug-likeness (QED) is 0.938. The molecule has 0 spiro atoms. The van der Waals surface area contributed by atoms with Crippen molar-refractivity contribution in [1.82, 2.24) is 14.8 Å². The van der Waals surface area contributed by atoms with Gasteiger partial charge in [0, 0.05) is 20.1 Å². The second kappa shape index (κ2) is 6.61. The second-order valence-electron chi connectivity index (χ2n) is 5.57. The van der Waals surface area contributed by atoms with E-state index < -0.39 is 0 Å². The number of rotatable bonds is 4. The number of nitrogens with one attached hydrogen (secondary N) is 1. The molecule has 0 bridgehead atoms. The Kier molecular flexibility index (Phi) is 4.38. The van der Waals surface area contributed by atoms with Crippen molar-refractivity contribution in [1.29, 1.82) is 0 Å². The summed E-state index contributed by atoms with van der Waals surface area (Å²) in [5.74, 6) is 0.945. The van der Waals surface area contributed by atoms with Crippen LogP contribution in [-0.2, 0) is 13.6 Å². The Morgan fingerprint density at radius 3 is 2.57 bits per heavy atom. The number of benzene rings is 1. The molecular formula is C16H23N5. The minimum atomic E-state index is 0.696. The molecule has 0 aliphatic carbocycles. The molecule has 3 rings (SSSR count). The van der Waals surface area contributed by atoms with Crippen molar-refractivity contribution in [3.63, 3.8) is 0 Å². The SMILES string of the molecule is Cn1ncnc1CNc1ccccc1N1CCCCCC1. The molecule has 2 aromatic rings. The van der Waals surface area contributed by atoms with Crippen LogP contribution < -0.4 is 10.2 Å². The highest BCUT2D eigenvalue weighted by Gasteiger charge is 2.13. The molecule has 0 radical (unpaired) electrons. The lowest BCUT2D eigenvalue weighted by molar-refractivity contribution is 0.711. The lowest BCUT2D eigenvalue weighted by atomic mass is 10.2. The van der Waals surface area contributed by atoms with Crippen molar-refractivity contribution >= 4 is 11.4 Å². The number of hydrogen-bond acceptors (Lipinski definition) is 4. The largest absolute Gasteiger partial charge is 0.376 e. The average molecular weight is 285 g/mol. The fourth-order valence-electron chi connectivity index (χ4n) is 2.86. The van der Waals surface area contributed by atoms with E-state index in [0.717, 1.165) is 18.9 Å². The van der Waals surface area contributed by atoms with Crippen molar-refractivity contribution < 1.29 is 0 Å². The molecule has 1 aromatic heterocycles. The Morgan fingerprint density at radius 1 is 1.10 bits per heavy atom. The van der Waals surface area contributed by atoms with Gasteiger partial charge < -0.3 is 10.2 Å². The maximum absolute atomic E-state index is 4.26. The molecule has 1 fully saturated rings. The summed E-state index contributed by atoms with van der Waals surface area (Å²) in [4.78, 5) is 6.77. The molecule has 1 aromatic carbocycles. The van der Waals surface area contributed by atoms with Gasteiger partial charge in [0.25, 0.3) is 0 Å². The van der Waals surface area contributed by atoms with Crippen LogP contribution in [0.2, 0.25) is 0 Å². The van der Waals surface area contributed by atoms with Crippen LogP contribution in [0.3, 0.4) is 0 Å². The third-order valence-electron chi connectivity index (χ3n) is 4.09. The van der Waals surface area contributed by atoms with Gasteiger partial charge in [0.15, 0.2) is 0 Å². The van der Waals surface area contributed by atoms with Crippen molar-refractivity contribution in [3.05, 3.63) is 36.4 Å². The highest BCUT2D eigenvalue weighted by atomic mass is 15.3. The van der Waals surface area contributed by atoms with Crippen LogP contribution >= 0.6 is 0 Å². The predicted molar refractivity (Wildman–Crippen MR) is 85.5 cm³/mol. The van der Waals surface area contributed by atoms with E-state index in [1.807, 2.05) is 11.7 Å². The Balaban J connectivity index is 1.74. The molecule has 0 amide bonds. The van der Waals surface area contributed by atoms with E-state index in [4.69, 9.17) is 0 Å². The Hall–Kier alpha value is -2.04. The molecular weight excluding hydrogens is 262 g/mol. The summed E-state index contributed by atoms with van der Waals surface area (Å²) in [5, 5.41) is 7.62. The molecule has 5 nitrogen and oxygen atoms in total. The van der Waals surface area contributed by atoms with Crippen molar-refractivity contribution in [2.75, 3.05) is 23.3 Å². The summed E-state index contributed by atoms with van der Waals surface area (Å²) >= 11 is 0. The molecule has 0 atom stereocenters. The third kappa shape index (κ3) is 3.35. The summed E-state index contributed by atoms with van der Waals surface area (Å²) in [7, 11) is 1.92. The van der Waals surface area contributed by atoms with Gasteiger partial charge in [-0.3, -0.25) is 4.68 Å². The first kappa shape index (κ1) is 13.9. The number of hydrogen-bond donors (Lipinski definition) is 1. The normalized spacial score (nSPS) is 15.8. The first-order valence-electron chi connectivity index (χ1n) is 7.75. The minimum absolute atomic E-state index is 0.696. The van der Waals surface area contributed by atoms with E-state index >= 15 is 0 Å². The molecule has 1 saturated heterocycles. The van der Waals surface area contributed by atoms with Gasteiger partial charge in [0.1, 0.15) is 12.2 Å². The number of anilines is 2. The maximum atomic E-state index is 4.26. The van der Waals surface area contributed by atoms with Crippen molar-refractivity contribution in [2.45, 2.75) is 32.2 Å². The van der Waals surface area contributed by atoms with E-state index in [0.29, 0.717) is 6.54 Å². The van der Waals surface area contributed by atoms with Gasteiger partial charge in [-0.25, -0.2) is 4.98 Å². The van der Waals surface area contributed by atoms with Gasteiger partial charge in [-0.2, -0.15) is 5.10 Å². The Labute approximate surface area is 126 Å². The lowest BCUT2D eigenvalue weighted by Gasteiger charge is -2.25. The zero-order valence-corrected chi connectivity index (χ0v) is 12.6. The molecule has 21 heavy (non-hydrogen) atoms. The average Bonchev–Trinajstić information content (AvgIpc) is 2.77. The highest BCUT2D eigenvalue weighted by Crippen LogP contribution is 2.28. The predicted octanol–water partition coefficient (Wildman–Crippen LogP) is 2.81. The Bertz CT molecular complexity index is 570. The molecule has 2 heterocycles. The van der Waals surface area contributed by atoms with Crippen molar-refractivity contribution in [3.8, 4) is 0 Å². The number of nitrogens with zero attached hydrogens (tertiary/aromatic N) is 4. The van der Waals surface area contributed by atoms with E-state index in [1.165, 1.54) is 37.1 Å². The van der Waals surface area contributed by atoms with Crippen LogP contribution in [0.1, 0.15) is 31.5 Å². The van der Waals surface area contributed by atoms with Crippen molar-refractivity contribution in [2.24, 2.45) is 7.05 Å². The Morgan fingerprint density at radius 2 is 1.86 bits per heavy atom. The summed E-state index contributed by atoms with van der Waals surface area (Å²) in [6.07, 6.45) is 6.88. The molecule has 0 saturated carbocycles. The molecule has 1 aliphatic rings.